The lowest BCUT2D eigenvalue weighted by Crippen LogP contribution is -2.38. The number of amides is 1. The summed E-state index contributed by atoms with van der Waals surface area (Å²) in [5.41, 5.74) is 0.0121. The van der Waals surface area contributed by atoms with Crippen molar-refractivity contribution in [1.82, 2.24) is 5.32 Å². The van der Waals surface area contributed by atoms with Crippen molar-refractivity contribution in [2.24, 2.45) is 5.41 Å². The normalized spacial score (nSPS) is 13.2. The molecule has 0 saturated carbocycles. The number of carboxylic acid groups (broad SMARTS) is 1. The average molecular weight is 243 g/mol. The maximum atomic E-state index is 11.6. The van der Waals surface area contributed by atoms with Crippen LogP contribution in [0.2, 0.25) is 0 Å². The van der Waals surface area contributed by atoms with E-state index in [1.54, 1.807) is 0 Å². The Kier molecular flexibility index (Phi) is 6.85. The molecule has 0 heterocycles. The van der Waals surface area contributed by atoms with Gasteiger partial charge in [0, 0.05) is 12.5 Å². The molecule has 4 heteroatoms. The molecule has 0 radical (unpaired) electrons. The summed E-state index contributed by atoms with van der Waals surface area (Å²) >= 11 is 0. The van der Waals surface area contributed by atoms with E-state index in [1.807, 2.05) is 27.7 Å². The van der Waals surface area contributed by atoms with Gasteiger partial charge < -0.3 is 10.4 Å². The molecule has 0 saturated heterocycles. The third-order valence-electron chi connectivity index (χ3n) is 2.40. The molecule has 100 valence electrons. The van der Waals surface area contributed by atoms with Gasteiger partial charge in [0.2, 0.25) is 5.91 Å². The summed E-state index contributed by atoms with van der Waals surface area (Å²) in [6, 6.07) is -0.267. The van der Waals surface area contributed by atoms with Crippen molar-refractivity contribution in [1.29, 1.82) is 0 Å². The van der Waals surface area contributed by atoms with Crippen LogP contribution in [0.4, 0.5) is 0 Å². The van der Waals surface area contributed by atoms with Crippen LogP contribution in [0.1, 0.15) is 59.8 Å². The van der Waals surface area contributed by atoms with E-state index >= 15 is 0 Å². The van der Waals surface area contributed by atoms with Crippen LogP contribution in [0.25, 0.3) is 0 Å². The zero-order valence-electron chi connectivity index (χ0n) is 11.4. The molecule has 0 bridgehead atoms. The molecule has 0 aliphatic carbocycles. The Morgan fingerprint density at radius 1 is 1.29 bits per heavy atom. The number of rotatable bonds is 7. The van der Waals surface area contributed by atoms with Gasteiger partial charge in [-0.15, -0.1) is 0 Å². The van der Waals surface area contributed by atoms with Crippen LogP contribution in [-0.4, -0.2) is 23.0 Å². The van der Waals surface area contributed by atoms with E-state index in [0.29, 0.717) is 12.8 Å². The first-order valence-electron chi connectivity index (χ1n) is 6.25. The lowest BCUT2D eigenvalue weighted by Gasteiger charge is -2.25. The van der Waals surface area contributed by atoms with Crippen molar-refractivity contribution < 1.29 is 14.7 Å². The first-order chi connectivity index (χ1) is 7.74. The van der Waals surface area contributed by atoms with Gasteiger partial charge >= 0.3 is 5.97 Å². The molecule has 0 aromatic heterocycles. The Bertz CT molecular complexity index is 256. The molecule has 0 aromatic carbocycles. The number of nitrogens with one attached hydrogen (secondary N) is 1. The van der Waals surface area contributed by atoms with E-state index in [9.17, 15) is 9.59 Å². The molecule has 0 rings (SSSR count). The second kappa shape index (κ2) is 7.30. The summed E-state index contributed by atoms with van der Waals surface area (Å²) in [6.45, 7) is 8.15. The minimum absolute atomic E-state index is 0.00483. The summed E-state index contributed by atoms with van der Waals surface area (Å²) in [7, 11) is 0. The second-order valence-corrected chi connectivity index (χ2v) is 5.73. The molecular formula is C13H25NO3. The first-order valence-corrected chi connectivity index (χ1v) is 6.25. The van der Waals surface area contributed by atoms with E-state index in [2.05, 4.69) is 5.32 Å². The quantitative estimate of drug-likeness (QED) is 0.722. The van der Waals surface area contributed by atoms with Gasteiger partial charge in [0.15, 0.2) is 0 Å². The van der Waals surface area contributed by atoms with Gasteiger partial charge in [-0.2, -0.15) is 0 Å². The highest BCUT2D eigenvalue weighted by molar-refractivity contribution is 5.77. The Labute approximate surface area is 104 Å². The zero-order chi connectivity index (χ0) is 13.5. The van der Waals surface area contributed by atoms with Gasteiger partial charge in [-0.05, 0) is 18.3 Å². The largest absolute Gasteiger partial charge is 0.481 e. The van der Waals surface area contributed by atoms with Crippen molar-refractivity contribution >= 4 is 11.9 Å². The summed E-state index contributed by atoms with van der Waals surface area (Å²) in [5, 5.41) is 11.6. The third kappa shape index (κ3) is 9.85. The lowest BCUT2D eigenvalue weighted by molar-refractivity contribution is -0.137. The van der Waals surface area contributed by atoms with E-state index in [1.165, 1.54) is 0 Å². The number of hydrogen-bond acceptors (Lipinski definition) is 2. The van der Waals surface area contributed by atoms with Crippen LogP contribution in [0.5, 0.6) is 0 Å². The molecule has 0 aromatic rings. The fourth-order valence-corrected chi connectivity index (χ4v) is 1.76. The Hall–Kier alpha value is -1.06. The predicted molar refractivity (Wildman–Crippen MR) is 67.8 cm³/mol. The van der Waals surface area contributed by atoms with Crippen molar-refractivity contribution in [3.8, 4) is 0 Å². The van der Waals surface area contributed by atoms with Crippen molar-refractivity contribution in [3.05, 3.63) is 0 Å². The van der Waals surface area contributed by atoms with Crippen LogP contribution < -0.4 is 5.32 Å². The average Bonchev–Trinajstić information content (AvgIpc) is 2.10. The SMILES string of the molecule is CCCCC(=O)NC(CC(=O)O)CC(C)(C)C. The molecule has 1 atom stereocenters. The molecule has 0 aliphatic rings. The summed E-state index contributed by atoms with van der Waals surface area (Å²) in [4.78, 5) is 22.3. The van der Waals surface area contributed by atoms with Gasteiger partial charge in [0.1, 0.15) is 0 Å². The van der Waals surface area contributed by atoms with Gasteiger partial charge in [-0.25, -0.2) is 0 Å². The highest BCUT2D eigenvalue weighted by Gasteiger charge is 2.22. The Morgan fingerprint density at radius 3 is 2.29 bits per heavy atom. The fraction of sp³-hybridized carbons (Fsp3) is 0.846. The number of unbranched alkanes of at least 4 members (excludes halogenated alkanes) is 1. The molecule has 1 amide bonds. The van der Waals surface area contributed by atoms with Crippen molar-refractivity contribution in [2.45, 2.75) is 65.8 Å². The Balaban J connectivity index is 4.28. The highest BCUT2D eigenvalue weighted by Crippen LogP contribution is 2.22. The topological polar surface area (TPSA) is 66.4 Å². The Morgan fingerprint density at radius 2 is 1.88 bits per heavy atom. The third-order valence-corrected chi connectivity index (χ3v) is 2.40. The van der Waals surface area contributed by atoms with Crippen LogP contribution >= 0.6 is 0 Å². The number of carbonyl (C=O) groups excluding carboxylic acids is 1. The zero-order valence-corrected chi connectivity index (χ0v) is 11.4. The molecule has 2 N–H and O–H groups in total. The number of hydrogen-bond donors (Lipinski definition) is 2. The van der Waals surface area contributed by atoms with Crippen molar-refractivity contribution in [3.63, 3.8) is 0 Å². The first kappa shape index (κ1) is 15.9. The lowest BCUT2D eigenvalue weighted by atomic mass is 9.87. The maximum Gasteiger partial charge on any atom is 0.305 e. The molecule has 4 nitrogen and oxygen atoms in total. The van der Waals surface area contributed by atoms with Crippen molar-refractivity contribution in [2.75, 3.05) is 0 Å². The smallest absolute Gasteiger partial charge is 0.305 e. The molecule has 17 heavy (non-hydrogen) atoms. The summed E-state index contributed by atoms with van der Waals surface area (Å²) in [5.74, 6) is -0.905. The summed E-state index contributed by atoms with van der Waals surface area (Å²) in [6.07, 6.45) is 2.97. The predicted octanol–water partition coefficient (Wildman–Crippen LogP) is 2.57. The molecular weight excluding hydrogens is 218 g/mol. The molecule has 0 fully saturated rings. The van der Waals surface area contributed by atoms with E-state index in [-0.39, 0.29) is 23.8 Å². The van der Waals surface area contributed by atoms with Gasteiger partial charge in [0.05, 0.1) is 6.42 Å². The highest BCUT2D eigenvalue weighted by atomic mass is 16.4. The standard InChI is InChI=1S/C13H25NO3/c1-5-6-7-11(15)14-10(8-12(16)17)9-13(2,3)4/h10H,5-9H2,1-4H3,(H,14,15)(H,16,17). The molecule has 1 unspecified atom stereocenters. The van der Waals surface area contributed by atoms with Crippen LogP contribution in [0.3, 0.4) is 0 Å². The number of carbonyl (C=O) groups is 2. The van der Waals surface area contributed by atoms with Gasteiger partial charge in [-0.3, -0.25) is 9.59 Å². The maximum absolute atomic E-state index is 11.6. The van der Waals surface area contributed by atoms with Gasteiger partial charge in [-0.1, -0.05) is 34.1 Å². The molecule has 0 spiro atoms. The van der Waals surface area contributed by atoms with E-state index in [4.69, 9.17) is 5.11 Å². The van der Waals surface area contributed by atoms with Crippen LogP contribution in [-0.2, 0) is 9.59 Å². The number of carboxylic acids is 1. The van der Waals surface area contributed by atoms with Crippen LogP contribution in [0, 0.1) is 5.41 Å². The fourth-order valence-electron chi connectivity index (χ4n) is 1.76. The van der Waals surface area contributed by atoms with E-state index < -0.39 is 5.97 Å². The monoisotopic (exact) mass is 243 g/mol. The number of aliphatic carboxylic acids is 1. The van der Waals surface area contributed by atoms with E-state index in [0.717, 1.165) is 12.8 Å². The minimum Gasteiger partial charge on any atom is -0.481 e. The minimum atomic E-state index is -0.866. The summed E-state index contributed by atoms with van der Waals surface area (Å²) < 4.78 is 0. The molecule has 0 aliphatic heterocycles. The van der Waals surface area contributed by atoms with Gasteiger partial charge in [0.25, 0.3) is 0 Å². The second-order valence-electron chi connectivity index (χ2n) is 5.73. The van der Waals surface area contributed by atoms with Crippen LogP contribution in [0.15, 0.2) is 0 Å².